The molecule has 0 fully saturated rings. The van der Waals surface area contributed by atoms with Crippen molar-refractivity contribution in [2.24, 2.45) is 5.92 Å². The SMILES string of the molecule is Cc1ccc(C)n1NCC(O)COCC(C)C. The predicted octanol–water partition coefficient (Wildman–Crippen LogP) is 1.68. The molecule has 0 aromatic carbocycles. The highest BCUT2D eigenvalue weighted by atomic mass is 16.5. The summed E-state index contributed by atoms with van der Waals surface area (Å²) in [5.41, 5.74) is 5.46. The molecule has 1 heterocycles. The summed E-state index contributed by atoms with van der Waals surface area (Å²) in [7, 11) is 0. The highest BCUT2D eigenvalue weighted by molar-refractivity contribution is 5.15. The van der Waals surface area contributed by atoms with Crippen molar-refractivity contribution in [2.75, 3.05) is 25.2 Å². The smallest absolute Gasteiger partial charge is 0.0961 e. The second-order valence-corrected chi connectivity index (χ2v) is 4.90. The van der Waals surface area contributed by atoms with Crippen LogP contribution < -0.4 is 5.43 Å². The van der Waals surface area contributed by atoms with E-state index in [4.69, 9.17) is 4.74 Å². The van der Waals surface area contributed by atoms with E-state index in [9.17, 15) is 5.11 Å². The molecule has 1 rings (SSSR count). The largest absolute Gasteiger partial charge is 0.389 e. The summed E-state index contributed by atoms with van der Waals surface area (Å²) in [6.07, 6.45) is -0.477. The third-order valence-electron chi connectivity index (χ3n) is 2.52. The molecule has 1 atom stereocenters. The average Bonchev–Trinajstić information content (AvgIpc) is 2.55. The number of nitrogens with one attached hydrogen (secondary N) is 1. The summed E-state index contributed by atoms with van der Waals surface area (Å²) < 4.78 is 7.37. The molecule has 0 radical (unpaired) electrons. The molecule has 2 N–H and O–H groups in total. The van der Waals surface area contributed by atoms with Crippen LogP contribution in [0.5, 0.6) is 0 Å². The van der Waals surface area contributed by atoms with E-state index in [1.54, 1.807) is 0 Å². The number of nitrogens with zero attached hydrogens (tertiary/aromatic N) is 1. The maximum atomic E-state index is 9.74. The van der Waals surface area contributed by atoms with Gasteiger partial charge in [0, 0.05) is 18.0 Å². The minimum absolute atomic E-state index is 0.380. The molecule has 17 heavy (non-hydrogen) atoms. The summed E-state index contributed by atoms with van der Waals surface area (Å²) in [5, 5.41) is 9.74. The Kier molecular flexibility index (Phi) is 5.51. The van der Waals surface area contributed by atoms with Crippen molar-refractivity contribution in [3.63, 3.8) is 0 Å². The summed E-state index contributed by atoms with van der Waals surface area (Å²) in [6, 6.07) is 4.09. The van der Waals surface area contributed by atoms with Gasteiger partial charge in [0.05, 0.1) is 19.3 Å². The van der Waals surface area contributed by atoms with E-state index >= 15 is 0 Å². The number of rotatable bonds is 7. The Morgan fingerprint density at radius 1 is 1.24 bits per heavy atom. The first kappa shape index (κ1) is 14.1. The van der Waals surface area contributed by atoms with Gasteiger partial charge >= 0.3 is 0 Å². The lowest BCUT2D eigenvalue weighted by molar-refractivity contribution is 0.0307. The van der Waals surface area contributed by atoms with Gasteiger partial charge in [0.2, 0.25) is 0 Å². The molecule has 0 amide bonds. The van der Waals surface area contributed by atoms with Crippen LogP contribution >= 0.6 is 0 Å². The summed E-state index contributed by atoms with van der Waals surface area (Å²) >= 11 is 0. The van der Waals surface area contributed by atoms with E-state index in [1.807, 2.05) is 30.7 Å². The maximum Gasteiger partial charge on any atom is 0.0961 e. The number of hydrogen-bond donors (Lipinski definition) is 2. The predicted molar refractivity (Wildman–Crippen MR) is 69.8 cm³/mol. The van der Waals surface area contributed by atoms with Crippen LogP contribution in [0.2, 0.25) is 0 Å². The number of aryl methyl sites for hydroxylation is 2. The summed E-state index contributed by atoms with van der Waals surface area (Å²) in [6.45, 7) is 9.81. The molecule has 0 bridgehead atoms. The van der Waals surface area contributed by atoms with Gasteiger partial charge in [-0.25, -0.2) is 0 Å². The van der Waals surface area contributed by atoms with Crippen LogP contribution in [-0.4, -0.2) is 35.6 Å². The van der Waals surface area contributed by atoms with Crippen LogP contribution in [0, 0.1) is 19.8 Å². The lowest BCUT2D eigenvalue weighted by Gasteiger charge is -2.17. The minimum atomic E-state index is -0.477. The fourth-order valence-electron chi connectivity index (χ4n) is 1.61. The third kappa shape index (κ3) is 4.79. The zero-order chi connectivity index (χ0) is 12.8. The van der Waals surface area contributed by atoms with E-state index in [0.29, 0.717) is 25.7 Å². The van der Waals surface area contributed by atoms with E-state index in [1.165, 1.54) is 0 Å². The minimum Gasteiger partial charge on any atom is -0.389 e. The van der Waals surface area contributed by atoms with Gasteiger partial charge in [-0.2, -0.15) is 0 Å². The molecule has 0 aliphatic rings. The molecular weight excluding hydrogens is 216 g/mol. The van der Waals surface area contributed by atoms with Crippen molar-refractivity contribution >= 4 is 0 Å². The molecule has 0 aliphatic heterocycles. The molecule has 4 nitrogen and oxygen atoms in total. The molecular formula is C13H24N2O2. The molecule has 0 saturated heterocycles. The number of aliphatic hydroxyl groups excluding tert-OH is 1. The van der Waals surface area contributed by atoms with Gasteiger partial charge in [0.25, 0.3) is 0 Å². The van der Waals surface area contributed by atoms with Gasteiger partial charge in [-0.05, 0) is 31.9 Å². The fraction of sp³-hybridized carbons (Fsp3) is 0.692. The monoisotopic (exact) mass is 240 g/mol. The zero-order valence-electron chi connectivity index (χ0n) is 11.2. The Hall–Kier alpha value is -1.00. The van der Waals surface area contributed by atoms with Crippen molar-refractivity contribution in [3.8, 4) is 0 Å². The Balaban J connectivity index is 2.26. The molecule has 0 spiro atoms. The van der Waals surface area contributed by atoms with Gasteiger partial charge in [-0.3, -0.25) is 4.68 Å². The van der Waals surface area contributed by atoms with Crippen molar-refractivity contribution < 1.29 is 9.84 Å². The van der Waals surface area contributed by atoms with Gasteiger partial charge < -0.3 is 15.3 Å². The molecule has 4 heteroatoms. The van der Waals surface area contributed by atoms with Crippen LogP contribution in [0.25, 0.3) is 0 Å². The number of aromatic nitrogens is 1. The number of aliphatic hydroxyl groups is 1. The summed E-state index contributed by atoms with van der Waals surface area (Å²) in [4.78, 5) is 0. The average molecular weight is 240 g/mol. The van der Waals surface area contributed by atoms with E-state index < -0.39 is 6.10 Å². The molecule has 1 unspecified atom stereocenters. The molecule has 0 saturated carbocycles. The van der Waals surface area contributed by atoms with Crippen LogP contribution in [0.3, 0.4) is 0 Å². The second kappa shape index (κ2) is 6.67. The first-order valence-electron chi connectivity index (χ1n) is 6.15. The second-order valence-electron chi connectivity index (χ2n) is 4.90. The van der Waals surface area contributed by atoms with Gasteiger partial charge in [0.15, 0.2) is 0 Å². The Labute approximate surface area is 104 Å². The van der Waals surface area contributed by atoms with Gasteiger partial charge in [0.1, 0.15) is 0 Å². The zero-order valence-corrected chi connectivity index (χ0v) is 11.2. The Morgan fingerprint density at radius 3 is 2.35 bits per heavy atom. The standard InChI is InChI=1S/C13H24N2O2/c1-10(2)8-17-9-13(16)7-14-15-11(3)5-6-12(15)4/h5-6,10,13-14,16H,7-9H2,1-4H3. The van der Waals surface area contributed by atoms with Crippen LogP contribution in [-0.2, 0) is 4.74 Å². The Morgan fingerprint density at radius 2 is 1.82 bits per heavy atom. The van der Waals surface area contributed by atoms with Gasteiger partial charge in [-0.15, -0.1) is 0 Å². The molecule has 98 valence electrons. The normalized spacial score (nSPS) is 13.1. The van der Waals surface area contributed by atoms with Crippen LogP contribution in [0.4, 0.5) is 0 Å². The summed E-state index contributed by atoms with van der Waals surface area (Å²) in [5.74, 6) is 0.504. The number of ether oxygens (including phenoxy) is 1. The number of hydrogen-bond acceptors (Lipinski definition) is 3. The maximum absolute atomic E-state index is 9.74. The lowest BCUT2D eigenvalue weighted by atomic mass is 10.2. The molecule has 0 aliphatic carbocycles. The first-order chi connectivity index (χ1) is 8.00. The van der Waals surface area contributed by atoms with Crippen molar-refractivity contribution in [2.45, 2.75) is 33.8 Å². The lowest BCUT2D eigenvalue weighted by Crippen LogP contribution is -2.31. The third-order valence-corrected chi connectivity index (χ3v) is 2.52. The quantitative estimate of drug-likeness (QED) is 0.762. The first-order valence-corrected chi connectivity index (χ1v) is 6.15. The van der Waals surface area contributed by atoms with E-state index in [0.717, 1.165) is 11.4 Å². The highest BCUT2D eigenvalue weighted by Crippen LogP contribution is 2.04. The fourth-order valence-corrected chi connectivity index (χ4v) is 1.61. The van der Waals surface area contributed by atoms with Crippen LogP contribution in [0.1, 0.15) is 25.2 Å². The topological polar surface area (TPSA) is 46.4 Å². The van der Waals surface area contributed by atoms with Crippen molar-refractivity contribution in [1.29, 1.82) is 0 Å². The molecule has 1 aromatic rings. The Bertz CT molecular complexity index is 315. The van der Waals surface area contributed by atoms with E-state index in [-0.39, 0.29) is 0 Å². The van der Waals surface area contributed by atoms with Crippen molar-refractivity contribution in [3.05, 3.63) is 23.5 Å². The molecule has 1 aromatic heterocycles. The highest BCUT2D eigenvalue weighted by Gasteiger charge is 2.06. The van der Waals surface area contributed by atoms with Crippen LogP contribution in [0.15, 0.2) is 12.1 Å². The van der Waals surface area contributed by atoms with E-state index in [2.05, 4.69) is 19.3 Å². The van der Waals surface area contributed by atoms with Gasteiger partial charge in [-0.1, -0.05) is 13.8 Å². The van der Waals surface area contributed by atoms with Crippen molar-refractivity contribution in [1.82, 2.24) is 4.68 Å².